The van der Waals surface area contributed by atoms with Gasteiger partial charge in [0.15, 0.2) is 17.3 Å². The number of oxazole rings is 1. The van der Waals surface area contributed by atoms with E-state index in [-0.39, 0.29) is 0 Å². The van der Waals surface area contributed by atoms with Gasteiger partial charge in [0.25, 0.3) is 6.01 Å². The Labute approximate surface area is 173 Å². The van der Waals surface area contributed by atoms with E-state index in [1.165, 1.54) is 0 Å². The second-order valence-corrected chi connectivity index (χ2v) is 6.65. The summed E-state index contributed by atoms with van der Waals surface area (Å²) in [5.41, 5.74) is 2.67. The fourth-order valence-electron chi connectivity index (χ4n) is 3.14. The Balaban J connectivity index is 1.33. The smallest absolute Gasteiger partial charge is 0.299 e. The van der Waals surface area contributed by atoms with Crippen LogP contribution in [0.25, 0.3) is 11.3 Å². The van der Waals surface area contributed by atoms with Crippen molar-refractivity contribution in [2.45, 2.75) is 6.61 Å². The first-order valence-corrected chi connectivity index (χ1v) is 9.59. The Hall–Kier alpha value is -4.00. The van der Waals surface area contributed by atoms with Crippen molar-refractivity contribution in [3.05, 3.63) is 78.8 Å². The molecule has 30 heavy (non-hydrogen) atoms. The average Bonchev–Trinajstić information content (AvgIpc) is 3.27. The molecule has 0 bridgehead atoms. The lowest BCUT2D eigenvalue weighted by atomic mass is 10.1. The molecule has 2 aromatic carbocycles. The van der Waals surface area contributed by atoms with E-state index < -0.39 is 0 Å². The van der Waals surface area contributed by atoms with Gasteiger partial charge in [-0.2, -0.15) is 0 Å². The van der Waals surface area contributed by atoms with Crippen LogP contribution in [0.15, 0.2) is 77.6 Å². The number of pyridine rings is 1. The molecule has 7 nitrogen and oxygen atoms in total. The van der Waals surface area contributed by atoms with Gasteiger partial charge in [-0.3, -0.25) is 4.98 Å². The molecule has 150 valence electrons. The second-order valence-electron chi connectivity index (χ2n) is 6.65. The first-order chi connectivity index (χ1) is 14.8. The Morgan fingerprint density at radius 2 is 1.77 bits per heavy atom. The van der Waals surface area contributed by atoms with Gasteiger partial charge in [0, 0.05) is 24.1 Å². The summed E-state index contributed by atoms with van der Waals surface area (Å²) in [6.45, 7) is 1.54. The molecule has 7 heteroatoms. The standard InChI is InChI=1S/C23H19N3O4/c1-2-4-19(29-15-16-7-9-24-10-8-16)18(3-1)22-14-25-23(30-22)26-17-5-6-20-21(13-17)28-12-11-27-20/h1-10,13-14H,11-12,15H2,(H,25,26). The summed E-state index contributed by atoms with van der Waals surface area (Å²) in [4.78, 5) is 8.37. The zero-order valence-electron chi connectivity index (χ0n) is 16.1. The van der Waals surface area contributed by atoms with Gasteiger partial charge in [0.1, 0.15) is 25.6 Å². The lowest BCUT2D eigenvalue weighted by molar-refractivity contribution is 0.171. The summed E-state index contributed by atoms with van der Waals surface area (Å²) in [6, 6.07) is 17.6. The number of hydrogen-bond acceptors (Lipinski definition) is 7. The van der Waals surface area contributed by atoms with Crippen LogP contribution in [0, 0.1) is 0 Å². The maximum absolute atomic E-state index is 6.00. The van der Waals surface area contributed by atoms with Crippen LogP contribution in [0.2, 0.25) is 0 Å². The number of rotatable bonds is 6. The summed E-state index contributed by atoms with van der Waals surface area (Å²) >= 11 is 0. The third-order valence-electron chi connectivity index (χ3n) is 4.60. The predicted octanol–water partition coefficient (Wildman–Crippen LogP) is 4.83. The highest BCUT2D eigenvalue weighted by molar-refractivity contribution is 5.67. The van der Waals surface area contributed by atoms with Crippen LogP contribution < -0.4 is 19.5 Å². The Morgan fingerprint density at radius 1 is 0.933 bits per heavy atom. The van der Waals surface area contributed by atoms with Crippen molar-refractivity contribution in [1.82, 2.24) is 9.97 Å². The highest BCUT2D eigenvalue weighted by Crippen LogP contribution is 2.35. The van der Waals surface area contributed by atoms with Crippen molar-refractivity contribution in [1.29, 1.82) is 0 Å². The number of nitrogens with one attached hydrogen (secondary N) is 1. The normalized spacial score (nSPS) is 12.4. The molecule has 0 unspecified atom stereocenters. The number of ether oxygens (including phenoxy) is 3. The van der Waals surface area contributed by atoms with Gasteiger partial charge in [-0.05, 0) is 42.0 Å². The molecule has 0 saturated carbocycles. The van der Waals surface area contributed by atoms with Gasteiger partial charge in [0.2, 0.25) is 0 Å². The van der Waals surface area contributed by atoms with E-state index in [1.807, 2.05) is 54.6 Å². The number of hydrogen-bond donors (Lipinski definition) is 1. The highest BCUT2D eigenvalue weighted by Gasteiger charge is 2.14. The van der Waals surface area contributed by atoms with Crippen LogP contribution in [0.3, 0.4) is 0 Å². The van der Waals surface area contributed by atoms with Crippen molar-refractivity contribution in [2.24, 2.45) is 0 Å². The second kappa shape index (κ2) is 8.16. The van der Waals surface area contributed by atoms with Crippen molar-refractivity contribution in [3.8, 4) is 28.6 Å². The van der Waals surface area contributed by atoms with Crippen molar-refractivity contribution >= 4 is 11.7 Å². The lowest BCUT2D eigenvalue weighted by Gasteiger charge is -2.18. The number of para-hydroxylation sites is 1. The number of aromatic nitrogens is 2. The van der Waals surface area contributed by atoms with Crippen LogP contribution in [-0.2, 0) is 6.61 Å². The van der Waals surface area contributed by atoms with Gasteiger partial charge < -0.3 is 23.9 Å². The molecule has 0 radical (unpaired) electrons. The van der Waals surface area contributed by atoms with Gasteiger partial charge in [-0.25, -0.2) is 4.98 Å². The molecule has 1 aliphatic heterocycles. The molecular formula is C23H19N3O4. The summed E-state index contributed by atoms with van der Waals surface area (Å²) in [7, 11) is 0. The van der Waals surface area contributed by atoms with Crippen LogP contribution >= 0.6 is 0 Å². The molecule has 0 atom stereocenters. The fraction of sp³-hybridized carbons (Fsp3) is 0.130. The Kier molecular flexibility index (Phi) is 4.91. The predicted molar refractivity (Wildman–Crippen MR) is 111 cm³/mol. The van der Waals surface area contributed by atoms with E-state index in [2.05, 4.69) is 15.3 Å². The van der Waals surface area contributed by atoms with Gasteiger partial charge in [-0.15, -0.1) is 0 Å². The first kappa shape index (κ1) is 18.1. The topological polar surface area (TPSA) is 78.6 Å². The molecule has 0 fully saturated rings. The maximum atomic E-state index is 6.00. The quantitative estimate of drug-likeness (QED) is 0.496. The van der Waals surface area contributed by atoms with Gasteiger partial charge in [-0.1, -0.05) is 12.1 Å². The van der Waals surface area contributed by atoms with E-state index in [4.69, 9.17) is 18.6 Å². The molecule has 4 aromatic rings. The lowest BCUT2D eigenvalue weighted by Crippen LogP contribution is -2.15. The zero-order chi connectivity index (χ0) is 20.2. The number of nitrogens with zero attached hydrogens (tertiary/aromatic N) is 2. The average molecular weight is 401 g/mol. The van der Waals surface area contributed by atoms with E-state index in [0.717, 1.165) is 28.3 Å². The van der Waals surface area contributed by atoms with E-state index >= 15 is 0 Å². The number of anilines is 2. The molecule has 0 saturated heterocycles. The molecular weight excluding hydrogens is 382 g/mol. The molecule has 0 spiro atoms. The largest absolute Gasteiger partial charge is 0.488 e. The molecule has 5 rings (SSSR count). The van der Waals surface area contributed by atoms with E-state index in [0.29, 0.717) is 37.3 Å². The zero-order valence-corrected chi connectivity index (χ0v) is 16.1. The highest BCUT2D eigenvalue weighted by atomic mass is 16.6. The molecule has 1 N–H and O–H groups in total. The van der Waals surface area contributed by atoms with Crippen LogP contribution in [0.1, 0.15) is 5.56 Å². The third kappa shape index (κ3) is 3.91. The molecule has 2 aromatic heterocycles. The van der Waals surface area contributed by atoms with Crippen LogP contribution in [-0.4, -0.2) is 23.2 Å². The minimum absolute atomic E-state index is 0.380. The van der Waals surface area contributed by atoms with Crippen molar-refractivity contribution in [3.63, 3.8) is 0 Å². The van der Waals surface area contributed by atoms with Crippen LogP contribution in [0.5, 0.6) is 17.2 Å². The third-order valence-corrected chi connectivity index (χ3v) is 4.60. The van der Waals surface area contributed by atoms with Crippen molar-refractivity contribution < 1.29 is 18.6 Å². The number of fused-ring (bicyclic) bond motifs is 1. The first-order valence-electron chi connectivity index (χ1n) is 9.59. The molecule has 3 heterocycles. The van der Waals surface area contributed by atoms with E-state index in [1.54, 1.807) is 18.6 Å². The molecule has 0 aliphatic carbocycles. The minimum Gasteiger partial charge on any atom is -0.488 e. The minimum atomic E-state index is 0.380. The van der Waals surface area contributed by atoms with Gasteiger partial charge in [0.05, 0.1) is 11.8 Å². The maximum Gasteiger partial charge on any atom is 0.299 e. The van der Waals surface area contributed by atoms with Gasteiger partial charge >= 0.3 is 0 Å². The summed E-state index contributed by atoms with van der Waals surface area (Å²) in [5.74, 6) is 2.77. The van der Waals surface area contributed by atoms with Crippen LogP contribution in [0.4, 0.5) is 11.7 Å². The molecule has 0 amide bonds. The molecule has 1 aliphatic rings. The SMILES string of the molecule is c1ccc(-c2cnc(Nc3ccc4c(c3)OCCO4)o2)c(OCc2ccncc2)c1. The fourth-order valence-corrected chi connectivity index (χ4v) is 3.14. The summed E-state index contributed by atoms with van der Waals surface area (Å²) < 4.78 is 23.1. The summed E-state index contributed by atoms with van der Waals surface area (Å²) in [6.07, 6.45) is 5.17. The van der Waals surface area contributed by atoms with Crippen molar-refractivity contribution in [2.75, 3.05) is 18.5 Å². The Bertz CT molecular complexity index is 1140. The Morgan fingerprint density at radius 3 is 2.67 bits per heavy atom. The number of benzene rings is 2. The monoisotopic (exact) mass is 401 g/mol. The van der Waals surface area contributed by atoms with E-state index in [9.17, 15) is 0 Å². The summed E-state index contributed by atoms with van der Waals surface area (Å²) in [5, 5.41) is 3.16.